The third-order valence-electron chi connectivity index (χ3n) is 2.89. The van der Waals surface area contributed by atoms with E-state index in [0.29, 0.717) is 0 Å². The quantitative estimate of drug-likeness (QED) is 0.665. The Hall–Kier alpha value is -0.430. The average Bonchev–Trinajstić information content (AvgIpc) is 1.99. The molecule has 3 fully saturated rings. The third kappa shape index (κ3) is 0.925. The Bertz CT molecular complexity index is 266. The zero-order valence-corrected chi connectivity index (χ0v) is 7.68. The van der Waals surface area contributed by atoms with Gasteiger partial charge in [-0.2, -0.15) is 0 Å². The second-order valence-corrected chi connectivity index (χ2v) is 4.89. The van der Waals surface area contributed by atoms with Crippen LogP contribution in [0.4, 0.5) is 0 Å². The third-order valence-corrected chi connectivity index (χ3v) is 4.40. The Kier molecular flexibility index (Phi) is 1.48. The summed E-state index contributed by atoms with van der Waals surface area (Å²) in [4.78, 5) is 1.43. The smallest absolute Gasteiger partial charge is 0.0185 e. The van der Waals surface area contributed by atoms with Crippen LogP contribution in [0.3, 0.4) is 0 Å². The number of thioether (sulfide) groups is 1. The fourth-order valence-corrected chi connectivity index (χ4v) is 3.25. The minimum atomic E-state index is 0.896. The Morgan fingerprint density at radius 2 is 1.75 bits per heavy atom. The summed E-state index contributed by atoms with van der Waals surface area (Å²) in [6.45, 7) is 0. The fourth-order valence-electron chi connectivity index (χ4n) is 1.90. The van der Waals surface area contributed by atoms with E-state index in [1.54, 1.807) is 5.92 Å². The molecule has 0 N–H and O–H groups in total. The monoisotopic (exact) mass is 175 g/mol. The largest absolute Gasteiger partial charge is 0.122 e. The van der Waals surface area contributed by atoms with E-state index in [4.69, 9.17) is 0 Å². The predicted molar refractivity (Wildman–Crippen MR) is 52.1 cm³/mol. The minimum absolute atomic E-state index is 0.896. The first-order valence-corrected chi connectivity index (χ1v) is 5.38. The van der Waals surface area contributed by atoms with Gasteiger partial charge in [-0.25, -0.2) is 0 Å². The van der Waals surface area contributed by atoms with Gasteiger partial charge >= 0.3 is 0 Å². The zero-order chi connectivity index (χ0) is 7.97. The highest BCUT2D eigenvalue weighted by Gasteiger charge is 2.53. The molecule has 4 rings (SSSR count). The number of hydrogen-bond donors (Lipinski definition) is 0. The SMILES string of the molecule is c1ccc(SC2[C]3CC2C3)cc1. The molecule has 3 aliphatic rings. The van der Waals surface area contributed by atoms with Crippen molar-refractivity contribution in [2.75, 3.05) is 0 Å². The molecule has 0 heterocycles. The summed E-state index contributed by atoms with van der Waals surface area (Å²) in [5.41, 5.74) is 0. The Morgan fingerprint density at radius 3 is 2.25 bits per heavy atom. The van der Waals surface area contributed by atoms with E-state index in [-0.39, 0.29) is 0 Å². The van der Waals surface area contributed by atoms with Crippen molar-refractivity contribution >= 4 is 11.8 Å². The van der Waals surface area contributed by atoms with Crippen LogP contribution >= 0.6 is 11.8 Å². The molecule has 0 spiro atoms. The Morgan fingerprint density at radius 1 is 1.08 bits per heavy atom. The van der Waals surface area contributed by atoms with Crippen molar-refractivity contribution in [1.82, 2.24) is 0 Å². The van der Waals surface area contributed by atoms with Gasteiger partial charge in [-0.1, -0.05) is 18.2 Å². The summed E-state index contributed by atoms with van der Waals surface area (Å²) in [6, 6.07) is 10.7. The van der Waals surface area contributed by atoms with E-state index >= 15 is 0 Å². The van der Waals surface area contributed by atoms with E-state index in [9.17, 15) is 0 Å². The lowest BCUT2D eigenvalue weighted by Crippen LogP contribution is -2.50. The lowest BCUT2D eigenvalue weighted by atomic mass is 9.56. The average molecular weight is 175 g/mol. The summed E-state index contributed by atoms with van der Waals surface area (Å²) in [5.74, 6) is 2.83. The molecule has 0 nitrogen and oxygen atoms in total. The van der Waals surface area contributed by atoms with E-state index in [0.717, 1.165) is 11.2 Å². The molecule has 12 heavy (non-hydrogen) atoms. The van der Waals surface area contributed by atoms with Crippen LogP contribution in [0.5, 0.6) is 0 Å². The first kappa shape index (κ1) is 7.02. The maximum Gasteiger partial charge on any atom is 0.0185 e. The molecule has 61 valence electrons. The van der Waals surface area contributed by atoms with Crippen molar-refractivity contribution in [2.24, 2.45) is 5.92 Å². The van der Waals surface area contributed by atoms with Crippen LogP contribution in [0.2, 0.25) is 0 Å². The van der Waals surface area contributed by atoms with Crippen molar-refractivity contribution in [2.45, 2.75) is 23.0 Å². The topological polar surface area (TPSA) is 0 Å². The molecule has 0 saturated heterocycles. The van der Waals surface area contributed by atoms with Crippen LogP contribution in [0.15, 0.2) is 35.2 Å². The molecule has 1 heteroatoms. The van der Waals surface area contributed by atoms with Gasteiger partial charge in [-0.05, 0) is 36.8 Å². The summed E-state index contributed by atoms with van der Waals surface area (Å²) in [6.07, 6.45) is 2.87. The first-order chi connectivity index (χ1) is 5.93. The Labute approximate surface area is 77.4 Å². The first-order valence-electron chi connectivity index (χ1n) is 4.50. The van der Waals surface area contributed by atoms with Gasteiger partial charge in [0.1, 0.15) is 0 Å². The van der Waals surface area contributed by atoms with Crippen molar-refractivity contribution in [1.29, 1.82) is 0 Å². The van der Waals surface area contributed by atoms with Crippen LogP contribution in [0.25, 0.3) is 0 Å². The van der Waals surface area contributed by atoms with Gasteiger partial charge in [0.2, 0.25) is 0 Å². The highest BCUT2D eigenvalue weighted by Crippen LogP contribution is 2.62. The van der Waals surface area contributed by atoms with E-state index < -0.39 is 0 Å². The predicted octanol–water partition coefficient (Wildman–Crippen LogP) is 3.15. The van der Waals surface area contributed by atoms with Crippen molar-refractivity contribution < 1.29 is 0 Å². The minimum Gasteiger partial charge on any atom is -0.122 e. The molecular formula is C11H11S. The van der Waals surface area contributed by atoms with Crippen molar-refractivity contribution in [3.8, 4) is 0 Å². The molecule has 1 atom stereocenters. The highest BCUT2D eigenvalue weighted by molar-refractivity contribution is 8.00. The summed E-state index contributed by atoms with van der Waals surface area (Å²) < 4.78 is 0. The van der Waals surface area contributed by atoms with Gasteiger partial charge in [0.15, 0.2) is 0 Å². The molecule has 2 bridgehead atoms. The molecule has 1 aromatic rings. The summed E-state index contributed by atoms with van der Waals surface area (Å²) in [7, 11) is 0. The van der Waals surface area contributed by atoms with Gasteiger partial charge in [0.25, 0.3) is 0 Å². The maximum atomic E-state index is 2.21. The Balaban J connectivity index is 1.69. The summed E-state index contributed by atoms with van der Waals surface area (Å²) in [5, 5.41) is 0.896. The number of rotatable bonds is 2. The van der Waals surface area contributed by atoms with Crippen LogP contribution in [0, 0.1) is 11.8 Å². The normalized spacial score (nSPS) is 32.3. The number of hydrogen-bond acceptors (Lipinski definition) is 1. The lowest BCUT2D eigenvalue weighted by molar-refractivity contribution is 0.202. The second-order valence-electron chi connectivity index (χ2n) is 3.68. The van der Waals surface area contributed by atoms with Gasteiger partial charge in [0.05, 0.1) is 0 Å². The molecular weight excluding hydrogens is 164 g/mol. The molecule has 3 saturated carbocycles. The van der Waals surface area contributed by atoms with Gasteiger partial charge in [0, 0.05) is 10.1 Å². The molecule has 0 aromatic heterocycles. The van der Waals surface area contributed by atoms with Gasteiger partial charge < -0.3 is 0 Å². The molecule has 0 aliphatic heterocycles. The van der Waals surface area contributed by atoms with E-state index in [1.165, 1.54) is 17.7 Å². The van der Waals surface area contributed by atoms with E-state index in [2.05, 4.69) is 42.1 Å². The zero-order valence-electron chi connectivity index (χ0n) is 6.86. The van der Waals surface area contributed by atoms with Gasteiger partial charge in [-0.15, -0.1) is 11.8 Å². The van der Waals surface area contributed by atoms with E-state index in [1.807, 2.05) is 0 Å². The van der Waals surface area contributed by atoms with Crippen molar-refractivity contribution in [3.05, 3.63) is 36.2 Å². The molecule has 0 amide bonds. The second kappa shape index (κ2) is 2.53. The van der Waals surface area contributed by atoms with Gasteiger partial charge in [-0.3, -0.25) is 0 Å². The van der Waals surface area contributed by atoms with Crippen LogP contribution in [-0.2, 0) is 0 Å². The van der Waals surface area contributed by atoms with Crippen molar-refractivity contribution in [3.63, 3.8) is 0 Å². The molecule has 3 aliphatic carbocycles. The highest BCUT2D eigenvalue weighted by atomic mass is 32.2. The maximum absolute atomic E-state index is 2.21. The standard InChI is InChI=1S/C11H11S/c1-2-4-10(5-3-1)12-11-8-6-9(11)7-8/h1-5,8,11H,6-7H2. The summed E-state index contributed by atoms with van der Waals surface area (Å²) >= 11 is 2.05. The molecule has 1 unspecified atom stereocenters. The van der Waals surface area contributed by atoms with Crippen LogP contribution in [0.1, 0.15) is 12.8 Å². The van der Waals surface area contributed by atoms with Crippen LogP contribution < -0.4 is 0 Å². The van der Waals surface area contributed by atoms with Crippen LogP contribution in [-0.4, -0.2) is 5.25 Å². The number of benzene rings is 1. The fraction of sp³-hybridized carbons (Fsp3) is 0.364. The lowest BCUT2D eigenvalue weighted by Gasteiger charge is -2.57. The molecule has 1 radical (unpaired) electrons. The molecule has 1 aromatic carbocycles.